The van der Waals surface area contributed by atoms with Gasteiger partial charge in [0.15, 0.2) is 11.5 Å². The Hall–Kier alpha value is -3.89. The number of para-hydroxylation sites is 1. The van der Waals surface area contributed by atoms with Crippen LogP contribution in [0.15, 0.2) is 83.4 Å². The number of amides is 1. The van der Waals surface area contributed by atoms with Crippen molar-refractivity contribution in [1.29, 1.82) is 5.26 Å². The summed E-state index contributed by atoms with van der Waals surface area (Å²) in [4.78, 5) is 17.4. The smallest absolute Gasteiger partial charge is 0.229 e. The lowest BCUT2D eigenvalue weighted by Crippen LogP contribution is -2.47. The predicted molar refractivity (Wildman–Crippen MR) is 146 cm³/mol. The van der Waals surface area contributed by atoms with Gasteiger partial charge >= 0.3 is 0 Å². The predicted octanol–water partition coefficient (Wildman–Crippen LogP) is 6.06. The first kappa shape index (κ1) is 24.8. The first-order chi connectivity index (χ1) is 18.1. The molecule has 0 N–H and O–H groups in total. The number of allylic oxidation sites excluding steroid dienone is 1. The molecule has 0 aliphatic carbocycles. The van der Waals surface area contributed by atoms with Crippen molar-refractivity contribution >= 4 is 23.4 Å². The average molecular weight is 512 g/mol. The summed E-state index contributed by atoms with van der Waals surface area (Å²) in [5.41, 5.74) is 4.96. The maximum Gasteiger partial charge on any atom is 0.229 e. The lowest BCUT2D eigenvalue weighted by Gasteiger charge is -2.42. The van der Waals surface area contributed by atoms with E-state index in [4.69, 9.17) is 9.47 Å². The van der Waals surface area contributed by atoms with Crippen molar-refractivity contribution in [3.63, 3.8) is 0 Å². The van der Waals surface area contributed by atoms with Crippen LogP contribution >= 0.6 is 11.8 Å². The van der Waals surface area contributed by atoms with Crippen molar-refractivity contribution in [2.75, 3.05) is 24.6 Å². The SMILES string of the molecule is CCc1ccccc1N1CSC2=C(C#N)C(c3ccc(OCc4ccccc4)c(OC)c3)CC(=O)N2C1. The molecule has 37 heavy (non-hydrogen) atoms. The zero-order chi connectivity index (χ0) is 25.8. The van der Waals surface area contributed by atoms with Crippen LogP contribution in [0.3, 0.4) is 0 Å². The summed E-state index contributed by atoms with van der Waals surface area (Å²) in [7, 11) is 1.60. The van der Waals surface area contributed by atoms with Crippen molar-refractivity contribution in [2.24, 2.45) is 0 Å². The van der Waals surface area contributed by atoms with Gasteiger partial charge in [0.25, 0.3) is 0 Å². The van der Waals surface area contributed by atoms with Gasteiger partial charge in [0.1, 0.15) is 6.61 Å². The van der Waals surface area contributed by atoms with E-state index in [2.05, 4.69) is 30.0 Å². The Kier molecular flexibility index (Phi) is 7.38. The van der Waals surface area contributed by atoms with E-state index in [-0.39, 0.29) is 18.2 Å². The van der Waals surface area contributed by atoms with Gasteiger partial charge < -0.3 is 14.4 Å². The number of nitrogens with zero attached hydrogens (tertiary/aromatic N) is 3. The van der Waals surface area contributed by atoms with Crippen molar-refractivity contribution in [3.05, 3.63) is 100 Å². The summed E-state index contributed by atoms with van der Waals surface area (Å²) in [6.07, 6.45) is 1.16. The minimum Gasteiger partial charge on any atom is -0.493 e. The standard InChI is InChI=1S/C30H29N3O3S/c1-3-22-11-7-8-12-26(22)32-19-33-29(34)16-24(25(17-31)30(33)37-20-32)23-13-14-27(28(15-23)35-2)36-18-21-9-5-4-6-10-21/h4-15,24H,3,16,18-20H2,1-2H3. The van der Waals surface area contributed by atoms with Gasteiger partial charge in [-0.1, -0.05) is 73.3 Å². The first-order valence-electron chi connectivity index (χ1n) is 12.4. The molecule has 0 radical (unpaired) electrons. The summed E-state index contributed by atoms with van der Waals surface area (Å²) in [5.74, 6) is 1.60. The summed E-state index contributed by atoms with van der Waals surface area (Å²) in [6.45, 7) is 3.01. The van der Waals surface area contributed by atoms with E-state index in [1.54, 1.807) is 23.8 Å². The Bertz CT molecular complexity index is 1370. The molecule has 3 aromatic rings. The molecule has 1 unspecified atom stereocenters. The molecule has 1 atom stereocenters. The van der Waals surface area contributed by atoms with Crippen molar-refractivity contribution in [2.45, 2.75) is 32.3 Å². The Morgan fingerprint density at radius 2 is 1.84 bits per heavy atom. The largest absolute Gasteiger partial charge is 0.493 e. The number of hydrogen-bond donors (Lipinski definition) is 0. The van der Waals surface area contributed by atoms with Crippen LogP contribution < -0.4 is 14.4 Å². The molecule has 6 nitrogen and oxygen atoms in total. The number of aryl methyl sites for hydroxylation is 1. The van der Waals surface area contributed by atoms with E-state index >= 15 is 0 Å². The summed E-state index contributed by atoms with van der Waals surface area (Å²) >= 11 is 1.56. The van der Waals surface area contributed by atoms with Crippen LogP contribution in [-0.4, -0.2) is 30.5 Å². The lowest BCUT2D eigenvalue weighted by molar-refractivity contribution is -0.129. The summed E-state index contributed by atoms with van der Waals surface area (Å²) in [6, 6.07) is 26.4. The molecule has 2 heterocycles. The van der Waals surface area contributed by atoms with E-state index in [1.807, 2.05) is 60.7 Å². The molecule has 1 amide bonds. The van der Waals surface area contributed by atoms with Crippen LogP contribution in [0.5, 0.6) is 11.5 Å². The maximum atomic E-state index is 13.4. The van der Waals surface area contributed by atoms with Crippen LogP contribution in [0.25, 0.3) is 0 Å². The second kappa shape index (κ2) is 11.0. The lowest BCUT2D eigenvalue weighted by atomic mass is 9.86. The molecule has 0 saturated carbocycles. The van der Waals surface area contributed by atoms with E-state index < -0.39 is 0 Å². The van der Waals surface area contributed by atoms with Crippen molar-refractivity contribution in [3.8, 4) is 17.6 Å². The number of fused-ring (bicyclic) bond motifs is 1. The summed E-state index contributed by atoms with van der Waals surface area (Å²) < 4.78 is 11.6. The quantitative estimate of drug-likeness (QED) is 0.384. The highest BCUT2D eigenvalue weighted by atomic mass is 32.2. The number of anilines is 1. The van der Waals surface area contributed by atoms with E-state index in [9.17, 15) is 10.1 Å². The van der Waals surface area contributed by atoms with Crippen molar-refractivity contribution in [1.82, 2.24) is 4.90 Å². The number of benzene rings is 3. The molecular formula is C30H29N3O3S. The highest BCUT2D eigenvalue weighted by molar-refractivity contribution is 8.03. The second-order valence-electron chi connectivity index (χ2n) is 9.03. The number of methoxy groups -OCH3 is 1. The molecule has 2 aliphatic rings. The fourth-order valence-electron chi connectivity index (χ4n) is 4.87. The van der Waals surface area contributed by atoms with Gasteiger partial charge in [0.2, 0.25) is 5.91 Å². The molecule has 3 aromatic carbocycles. The van der Waals surface area contributed by atoms with E-state index in [1.165, 1.54) is 5.56 Å². The molecule has 7 heteroatoms. The fraction of sp³-hybridized carbons (Fsp3) is 0.267. The third kappa shape index (κ3) is 5.03. The molecule has 0 bridgehead atoms. The molecule has 2 aliphatic heterocycles. The number of carbonyl (C=O) groups is 1. The van der Waals surface area contributed by atoms with E-state index in [0.717, 1.165) is 28.3 Å². The fourth-order valence-corrected chi connectivity index (χ4v) is 6.03. The molecule has 5 rings (SSSR count). The van der Waals surface area contributed by atoms with Crippen LogP contribution in [-0.2, 0) is 17.8 Å². The number of carbonyl (C=O) groups excluding carboxylic acids is 1. The van der Waals surface area contributed by atoms with Crippen LogP contribution in [0.2, 0.25) is 0 Å². The Labute approximate surface area is 222 Å². The maximum absolute atomic E-state index is 13.4. The molecule has 188 valence electrons. The average Bonchev–Trinajstić information content (AvgIpc) is 2.96. The zero-order valence-corrected chi connectivity index (χ0v) is 21.8. The Morgan fingerprint density at radius 1 is 1.05 bits per heavy atom. The van der Waals surface area contributed by atoms with Gasteiger partial charge in [-0.05, 0) is 41.3 Å². The zero-order valence-electron chi connectivity index (χ0n) is 21.0. The number of nitriles is 1. The highest BCUT2D eigenvalue weighted by Crippen LogP contribution is 2.45. The first-order valence-corrected chi connectivity index (χ1v) is 13.4. The minimum atomic E-state index is -0.317. The van der Waals surface area contributed by atoms with Crippen LogP contribution in [0, 0.1) is 11.3 Å². The third-order valence-corrected chi connectivity index (χ3v) is 7.99. The summed E-state index contributed by atoms with van der Waals surface area (Å²) in [5, 5.41) is 10.9. The number of ether oxygens (including phenoxy) is 2. The number of thioether (sulfide) groups is 1. The Morgan fingerprint density at radius 3 is 2.59 bits per heavy atom. The molecule has 1 saturated heterocycles. The third-order valence-electron chi connectivity index (χ3n) is 6.83. The van der Waals surface area contributed by atoms with Gasteiger partial charge in [-0.15, -0.1) is 0 Å². The minimum absolute atomic E-state index is 0.0218. The van der Waals surface area contributed by atoms with Gasteiger partial charge in [0.05, 0.1) is 36.3 Å². The van der Waals surface area contributed by atoms with Crippen LogP contribution in [0.1, 0.15) is 36.0 Å². The number of hydrogen-bond acceptors (Lipinski definition) is 6. The topological polar surface area (TPSA) is 65.8 Å². The van der Waals surface area contributed by atoms with Crippen molar-refractivity contribution < 1.29 is 14.3 Å². The van der Waals surface area contributed by atoms with Gasteiger partial charge in [-0.2, -0.15) is 5.26 Å². The van der Waals surface area contributed by atoms with E-state index in [0.29, 0.717) is 36.2 Å². The molecule has 1 fully saturated rings. The van der Waals surface area contributed by atoms with Gasteiger partial charge in [0, 0.05) is 18.0 Å². The monoisotopic (exact) mass is 511 g/mol. The number of rotatable bonds is 7. The Balaban J connectivity index is 1.39. The molecular weight excluding hydrogens is 482 g/mol. The normalized spacial score (nSPS) is 17.3. The highest BCUT2D eigenvalue weighted by Gasteiger charge is 2.38. The van der Waals surface area contributed by atoms with Gasteiger partial charge in [-0.25, -0.2) is 0 Å². The van der Waals surface area contributed by atoms with Gasteiger partial charge in [-0.3, -0.25) is 9.69 Å². The van der Waals surface area contributed by atoms with Crippen LogP contribution in [0.4, 0.5) is 5.69 Å². The molecule has 0 aromatic heterocycles. The second-order valence-corrected chi connectivity index (χ2v) is 9.96. The molecule has 0 spiro atoms.